The molecule has 1 aliphatic rings. The third kappa shape index (κ3) is 9.82. The van der Waals surface area contributed by atoms with E-state index in [0.717, 1.165) is 55.8 Å². The van der Waals surface area contributed by atoms with Gasteiger partial charge in [0.1, 0.15) is 5.82 Å². The summed E-state index contributed by atoms with van der Waals surface area (Å²) in [6.07, 6.45) is 4.19. The number of benzene rings is 6. The van der Waals surface area contributed by atoms with Gasteiger partial charge < -0.3 is 19.1 Å². The fraction of sp³-hybridized carbons (Fsp3) is 0.302. The van der Waals surface area contributed by atoms with E-state index in [1.807, 2.05) is 6.20 Å². The van der Waals surface area contributed by atoms with Gasteiger partial charge in [-0.15, -0.1) is 53.8 Å². The van der Waals surface area contributed by atoms with Gasteiger partial charge in [-0.3, -0.25) is 0 Å². The zero-order valence-corrected chi connectivity index (χ0v) is 45.2. The van der Waals surface area contributed by atoms with Crippen molar-refractivity contribution >= 4 is 38.9 Å². The summed E-state index contributed by atoms with van der Waals surface area (Å²) in [5.74, 6) is 2.09. The van der Waals surface area contributed by atoms with Crippen molar-refractivity contribution < 1.29 is 25.8 Å². The van der Waals surface area contributed by atoms with Gasteiger partial charge in [0.15, 0.2) is 0 Å². The van der Waals surface area contributed by atoms with Gasteiger partial charge in [-0.1, -0.05) is 193 Å². The number of para-hydroxylation sites is 1. The molecule has 6 heteroatoms. The van der Waals surface area contributed by atoms with Crippen molar-refractivity contribution in [3.05, 3.63) is 204 Å². The molecule has 8 aromatic rings. The molecule has 0 saturated heterocycles. The van der Waals surface area contributed by atoms with Crippen LogP contribution in [0.25, 0.3) is 33.3 Å². The second-order valence-electron chi connectivity index (χ2n) is 23.3. The van der Waals surface area contributed by atoms with Crippen molar-refractivity contribution in [3.63, 3.8) is 0 Å². The quantitative estimate of drug-likeness (QED) is 0.142. The van der Waals surface area contributed by atoms with Crippen LogP contribution in [-0.2, 0) is 48.1 Å². The normalized spacial score (nSPS) is 13.8. The monoisotopic (exact) mass is 1090 g/mol. The van der Waals surface area contributed by atoms with Crippen LogP contribution in [0.2, 0.25) is 0 Å². The van der Waals surface area contributed by atoms with Gasteiger partial charge in [-0.25, -0.2) is 4.98 Å². The Morgan fingerprint density at radius 2 is 1.12 bits per heavy atom. The van der Waals surface area contributed by atoms with Crippen LogP contribution in [0.4, 0.5) is 11.4 Å². The van der Waals surface area contributed by atoms with Crippen LogP contribution >= 0.6 is 0 Å². The predicted octanol–water partition coefficient (Wildman–Crippen LogP) is 16.5. The molecule has 6 aromatic carbocycles. The average molecular weight is 1090 g/mol. The van der Waals surface area contributed by atoms with Gasteiger partial charge in [-0.2, -0.15) is 0 Å². The molecule has 0 aliphatic carbocycles. The van der Waals surface area contributed by atoms with Crippen LogP contribution in [0, 0.1) is 18.8 Å². The maximum absolute atomic E-state index is 7.12. The number of rotatable bonds is 8. The SMILES string of the molecule is CC(C)(C)c1cc(Oc2[c-]c3c(c(C(C)(C)C)c2)c2ccccc2n3-c2cc(C(C)(C)c3ccccc3)ccn2)[c-]c(N2[CH-]N(c3cc(C(C)(C)C)cc(C(C)(C)C)c3)C=C2c2ccccc2)c1.[Pt]. The molecule has 9 rings (SSSR count). The fourth-order valence-electron chi connectivity index (χ4n) is 9.28. The number of anilines is 2. The maximum Gasteiger partial charge on any atom is 0.135 e. The summed E-state index contributed by atoms with van der Waals surface area (Å²) in [7, 11) is 0. The molecule has 0 spiro atoms. The van der Waals surface area contributed by atoms with Crippen LogP contribution in [0.3, 0.4) is 0 Å². The summed E-state index contributed by atoms with van der Waals surface area (Å²) in [5, 5.41) is 2.31. The standard InChI is InChI=1S/C63H67N4O.Pt/c1-59(2,3)45-31-46(60(4,5)6)33-48(32-45)65-40-56(42-23-17-15-18-24-42)66(41-65)49-34-47(61(7,8)9)35-50(37-49)68-51-38-53(62(10,11)12)58-52-27-21-22-28-54(52)67(55(58)39-51)57-36-44(29-30-64-57)63(13,14)43-25-19-16-20-26-43;/h15-36,38,40-41H,1-14H3;/q-3;. The number of fused-ring (bicyclic) bond motifs is 3. The smallest absolute Gasteiger partial charge is 0.135 e. The zero-order chi connectivity index (χ0) is 48.6. The largest absolute Gasteiger partial charge is 0.509 e. The first-order valence-corrected chi connectivity index (χ1v) is 24.1. The van der Waals surface area contributed by atoms with Gasteiger partial charge in [-0.05, 0) is 91.4 Å². The Kier molecular flexibility index (Phi) is 13.0. The fourth-order valence-corrected chi connectivity index (χ4v) is 9.28. The Morgan fingerprint density at radius 3 is 1.74 bits per heavy atom. The van der Waals surface area contributed by atoms with Crippen molar-refractivity contribution in [2.75, 3.05) is 9.80 Å². The van der Waals surface area contributed by atoms with E-state index < -0.39 is 0 Å². The van der Waals surface area contributed by atoms with E-state index in [1.165, 1.54) is 27.8 Å². The summed E-state index contributed by atoms with van der Waals surface area (Å²) < 4.78 is 9.39. The van der Waals surface area contributed by atoms with E-state index in [2.05, 4.69) is 270 Å². The minimum absolute atomic E-state index is 0. The van der Waals surface area contributed by atoms with Crippen LogP contribution in [0.1, 0.15) is 136 Å². The molecule has 0 N–H and O–H groups in total. The zero-order valence-electron chi connectivity index (χ0n) is 42.9. The average Bonchev–Trinajstić information content (AvgIpc) is 3.89. The van der Waals surface area contributed by atoms with E-state index in [9.17, 15) is 0 Å². The number of nitrogens with zero attached hydrogens (tertiary/aromatic N) is 4. The molecule has 0 atom stereocenters. The number of hydrogen-bond acceptors (Lipinski definition) is 4. The Morgan fingerprint density at radius 1 is 0.536 bits per heavy atom. The Labute approximate surface area is 426 Å². The van der Waals surface area contributed by atoms with Crippen LogP contribution in [-0.4, -0.2) is 9.55 Å². The van der Waals surface area contributed by atoms with Crippen molar-refractivity contribution in [1.82, 2.24) is 9.55 Å². The Balaban J connectivity index is 0.00000642. The molecule has 0 bridgehead atoms. The summed E-state index contributed by atoms with van der Waals surface area (Å²) in [5.41, 5.74) is 12.8. The molecule has 0 radical (unpaired) electrons. The maximum atomic E-state index is 7.12. The first-order valence-electron chi connectivity index (χ1n) is 24.1. The summed E-state index contributed by atoms with van der Waals surface area (Å²) >= 11 is 0. The predicted molar refractivity (Wildman–Crippen MR) is 286 cm³/mol. The molecule has 1 aliphatic heterocycles. The summed E-state index contributed by atoms with van der Waals surface area (Å²) in [4.78, 5) is 9.59. The minimum Gasteiger partial charge on any atom is -0.509 e. The van der Waals surface area contributed by atoms with Crippen LogP contribution in [0.5, 0.6) is 11.5 Å². The van der Waals surface area contributed by atoms with Crippen LogP contribution < -0.4 is 14.5 Å². The first kappa shape index (κ1) is 49.5. The second-order valence-corrected chi connectivity index (χ2v) is 23.3. The van der Waals surface area contributed by atoms with E-state index in [0.29, 0.717) is 11.5 Å². The number of hydrogen-bond donors (Lipinski definition) is 0. The molecule has 2 aromatic heterocycles. The Bertz CT molecular complexity index is 3160. The number of aromatic nitrogens is 2. The van der Waals surface area contributed by atoms with E-state index in [4.69, 9.17) is 9.72 Å². The molecular formula is C63H67N4OPt-3. The number of ether oxygens (including phenoxy) is 1. The third-order valence-corrected chi connectivity index (χ3v) is 13.6. The third-order valence-electron chi connectivity index (χ3n) is 13.6. The van der Waals surface area contributed by atoms with Crippen molar-refractivity contribution in [2.45, 2.75) is 124 Å². The molecular weight excluding hydrogens is 1020 g/mol. The topological polar surface area (TPSA) is 33.5 Å². The van der Waals surface area contributed by atoms with Crippen LogP contribution in [0.15, 0.2) is 146 Å². The summed E-state index contributed by atoms with van der Waals surface area (Å²) in [6.45, 7) is 34.1. The van der Waals surface area contributed by atoms with Crippen molar-refractivity contribution in [1.29, 1.82) is 0 Å². The molecule has 358 valence electrons. The van der Waals surface area contributed by atoms with Crippen molar-refractivity contribution in [3.8, 4) is 17.3 Å². The molecule has 69 heavy (non-hydrogen) atoms. The molecule has 0 fully saturated rings. The molecule has 0 amide bonds. The van der Waals surface area contributed by atoms with E-state index >= 15 is 0 Å². The molecule has 3 heterocycles. The second kappa shape index (κ2) is 18.1. The number of pyridine rings is 1. The van der Waals surface area contributed by atoms with Gasteiger partial charge in [0, 0.05) is 61.1 Å². The molecule has 0 saturated carbocycles. The van der Waals surface area contributed by atoms with E-state index in [-0.39, 0.29) is 48.1 Å². The molecule has 5 nitrogen and oxygen atoms in total. The van der Waals surface area contributed by atoms with Gasteiger partial charge in [0.25, 0.3) is 0 Å². The van der Waals surface area contributed by atoms with Gasteiger partial charge in [0.05, 0.1) is 0 Å². The van der Waals surface area contributed by atoms with Crippen molar-refractivity contribution in [2.24, 2.45) is 0 Å². The first-order chi connectivity index (χ1) is 32.0. The summed E-state index contributed by atoms with van der Waals surface area (Å²) in [6, 6.07) is 55.6. The van der Waals surface area contributed by atoms with E-state index in [1.54, 1.807) is 0 Å². The van der Waals surface area contributed by atoms with Gasteiger partial charge in [0.2, 0.25) is 0 Å². The Hall–Kier alpha value is -5.90. The van der Waals surface area contributed by atoms with Gasteiger partial charge >= 0.3 is 0 Å². The minimum atomic E-state index is -0.247. The molecule has 0 unspecified atom stereocenters.